The summed E-state index contributed by atoms with van der Waals surface area (Å²) in [5.74, 6) is 0.229. The van der Waals surface area contributed by atoms with Gasteiger partial charge in [0.25, 0.3) is 5.91 Å². The van der Waals surface area contributed by atoms with Crippen molar-refractivity contribution >= 4 is 62.6 Å². The van der Waals surface area contributed by atoms with Gasteiger partial charge in [-0.05, 0) is 73.2 Å². The zero-order valence-electron chi connectivity index (χ0n) is 21.5. The second kappa shape index (κ2) is 12.1. The number of fused-ring (bicyclic) bond motifs is 1. The van der Waals surface area contributed by atoms with Crippen LogP contribution in [0.2, 0.25) is 15.1 Å². The fraction of sp³-hybridized carbons (Fsp3) is 0.107. The van der Waals surface area contributed by atoms with Gasteiger partial charge >= 0.3 is 0 Å². The number of furan rings is 1. The lowest BCUT2D eigenvalue weighted by molar-refractivity contribution is 0.0948. The van der Waals surface area contributed by atoms with Crippen molar-refractivity contribution < 1.29 is 17.6 Å². The number of hydrogen-bond acceptors (Lipinski definition) is 6. The number of nitrogens with zero attached hydrogens (tertiary/aromatic N) is 4. The molecule has 5 aromatic rings. The number of imidazole rings is 1. The normalized spacial score (nSPS) is 12.0. The van der Waals surface area contributed by atoms with E-state index in [1.807, 2.05) is 6.07 Å². The molecule has 0 radical (unpaired) electrons. The van der Waals surface area contributed by atoms with Crippen molar-refractivity contribution in [3.63, 3.8) is 0 Å². The topological polar surface area (TPSA) is 109 Å². The summed E-state index contributed by atoms with van der Waals surface area (Å²) in [6.45, 7) is 1.65. The van der Waals surface area contributed by atoms with Crippen LogP contribution in [0.5, 0.6) is 0 Å². The summed E-state index contributed by atoms with van der Waals surface area (Å²) in [5.41, 5.74) is 4.69. The number of aryl methyl sites for hydroxylation is 1. The number of aromatic nitrogens is 2. The van der Waals surface area contributed by atoms with Crippen molar-refractivity contribution in [3.05, 3.63) is 123 Å². The zero-order chi connectivity index (χ0) is 29.1. The van der Waals surface area contributed by atoms with Crippen LogP contribution in [0.4, 0.5) is 0 Å². The van der Waals surface area contributed by atoms with E-state index < -0.39 is 15.9 Å². The van der Waals surface area contributed by atoms with E-state index in [2.05, 4.69) is 15.5 Å². The third-order valence-corrected chi connectivity index (χ3v) is 8.88. The SMILES string of the molecule is Cc1nc2ccccn2c1C(=O)N/N=C/c1ccc(CN(Cc2ccc(Cl)c(Cl)c2)S(=O)(=O)c2ccc(Cl)cc2)o1. The Morgan fingerprint density at radius 1 is 1.02 bits per heavy atom. The van der Waals surface area contributed by atoms with Gasteiger partial charge in [0.2, 0.25) is 10.0 Å². The second-order valence-electron chi connectivity index (χ2n) is 8.95. The Morgan fingerprint density at radius 3 is 2.56 bits per heavy atom. The lowest BCUT2D eigenvalue weighted by Gasteiger charge is -2.22. The number of pyridine rings is 1. The molecule has 1 N–H and O–H groups in total. The van der Waals surface area contributed by atoms with Gasteiger partial charge in [-0.2, -0.15) is 9.41 Å². The number of hydrazone groups is 1. The third-order valence-electron chi connectivity index (χ3n) is 6.09. The Labute approximate surface area is 251 Å². The van der Waals surface area contributed by atoms with Crippen molar-refractivity contribution in [1.29, 1.82) is 0 Å². The standard InChI is InChI=1S/C28H22Cl3N5O4S/c1-18-27(36-13-3-2-4-26(36)33-18)28(37)34-32-15-21-8-9-22(40-21)17-35(16-19-5-12-24(30)25(31)14-19)41(38,39)23-10-6-20(29)7-11-23/h2-15H,16-17H2,1H3,(H,34,37)/b32-15+. The molecule has 0 aliphatic heterocycles. The number of rotatable bonds is 9. The van der Waals surface area contributed by atoms with Gasteiger partial charge in [0.1, 0.15) is 22.9 Å². The Morgan fingerprint density at radius 2 is 1.80 bits per heavy atom. The van der Waals surface area contributed by atoms with Crippen molar-refractivity contribution in [2.24, 2.45) is 5.10 Å². The summed E-state index contributed by atoms with van der Waals surface area (Å²) in [6.07, 6.45) is 3.07. The summed E-state index contributed by atoms with van der Waals surface area (Å²) in [5, 5.41) is 5.09. The molecule has 0 aliphatic carbocycles. The molecule has 13 heteroatoms. The lowest BCUT2D eigenvalue weighted by atomic mass is 10.2. The van der Waals surface area contributed by atoms with E-state index >= 15 is 0 Å². The first-order valence-corrected chi connectivity index (χ1v) is 14.7. The molecule has 0 saturated carbocycles. The maximum atomic E-state index is 13.6. The molecule has 9 nitrogen and oxygen atoms in total. The third kappa shape index (κ3) is 6.47. The lowest BCUT2D eigenvalue weighted by Crippen LogP contribution is -2.30. The number of hydrogen-bond donors (Lipinski definition) is 1. The Hall–Kier alpha value is -3.67. The predicted molar refractivity (Wildman–Crippen MR) is 158 cm³/mol. The summed E-state index contributed by atoms with van der Waals surface area (Å²) < 4.78 is 35.9. The number of carbonyl (C=O) groups is 1. The van der Waals surface area contributed by atoms with Crippen molar-refractivity contribution in [1.82, 2.24) is 19.1 Å². The molecule has 0 bridgehead atoms. The minimum Gasteiger partial charge on any atom is -0.459 e. The highest BCUT2D eigenvalue weighted by Crippen LogP contribution is 2.27. The van der Waals surface area contributed by atoms with Crippen LogP contribution in [0.25, 0.3) is 5.65 Å². The fourth-order valence-electron chi connectivity index (χ4n) is 4.14. The molecule has 210 valence electrons. The van der Waals surface area contributed by atoms with Crippen LogP contribution >= 0.6 is 34.8 Å². The van der Waals surface area contributed by atoms with Crippen LogP contribution in [-0.4, -0.2) is 34.2 Å². The molecule has 3 aromatic heterocycles. The molecule has 0 aliphatic rings. The van der Waals surface area contributed by atoms with Crippen LogP contribution in [0, 0.1) is 6.92 Å². The second-order valence-corrected chi connectivity index (χ2v) is 12.1. The zero-order valence-corrected chi connectivity index (χ0v) is 24.5. The van der Waals surface area contributed by atoms with Gasteiger partial charge in [-0.3, -0.25) is 9.20 Å². The summed E-state index contributed by atoms with van der Waals surface area (Å²) in [7, 11) is -3.96. The van der Waals surface area contributed by atoms with Crippen molar-refractivity contribution in [2.45, 2.75) is 24.9 Å². The number of carbonyl (C=O) groups excluding carboxylic acids is 1. The highest BCUT2D eigenvalue weighted by atomic mass is 35.5. The van der Waals surface area contributed by atoms with Gasteiger partial charge in [0.05, 0.1) is 33.4 Å². The first kappa shape index (κ1) is 28.8. The largest absolute Gasteiger partial charge is 0.459 e. The van der Waals surface area contributed by atoms with Gasteiger partial charge in [0.15, 0.2) is 0 Å². The maximum absolute atomic E-state index is 13.6. The van der Waals surface area contributed by atoms with Crippen molar-refractivity contribution in [3.8, 4) is 0 Å². The van der Waals surface area contributed by atoms with Crippen LogP contribution in [0.1, 0.15) is 33.3 Å². The van der Waals surface area contributed by atoms with E-state index in [9.17, 15) is 13.2 Å². The summed E-state index contributed by atoms with van der Waals surface area (Å²) in [6, 6.07) is 19.5. The quantitative estimate of drug-likeness (QED) is 0.151. The maximum Gasteiger partial charge on any atom is 0.290 e. The van der Waals surface area contributed by atoms with Crippen LogP contribution in [0.15, 0.2) is 93.4 Å². The van der Waals surface area contributed by atoms with Gasteiger partial charge in [-0.25, -0.2) is 18.8 Å². The molecular weight excluding hydrogens is 609 g/mol. The van der Waals surface area contributed by atoms with E-state index in [0.717, 1.165) is 0 Å². The fourth-order valence-corrected chi connectivity index (χ4v) is 5.98. The van der Waals surface area contributed by atoms with E-state index in [1.165, 1.54) is 34.8 Å². The number of amides is 1. The molecule has 0 unspecified atom stereocenters. The van der Waals surface area contributed by atoms with Crippen LogP contribution in [0.3, 0.4) is 0 Å². The minimum atomic E-state index is -3.96. The van der Waals surface area contributed by atoms with Crippen LogP contribution < -0.4 is 5.43 Å². The van der Waals surface area contributed by atoms with Crippen LogP contribution in [-0.2, 0) is 23.1 Å². The van der Waals surface area contributed by atoms with E-state index in [0.29, 0.717) is 49.2 Å². The highest BCUT2D eigenvalue weighted by molar-refractivity contribution is 7.89. The molecular formula is C28H22Cl3N5O4S. The minimum absolute atomic E-state index is 0.000680. The molecule has 0 spiro atoms. The predicted octanol–water partition coefficient (Wildman–Crippen LogP) is 6.35. The first-order valence-electron chi connectivity index (χ1n) is 12.2. The molecule has 2 aromatic carbocycles. The Kier molecular flexibility index (Phi) is 8.48. The van der Waals surface area contributed by atoms with Gasteiger partial charge in [-0.1, -0.05) is 46.9 Å². The Bertz CT molecular complexity index is 1870. The van der Waals surface area contributed by atoms with Crippen molar-refractivity contribution in [2.75, 3.05) is 0 Å². The van der Waals surface area contributed by atoms with E-state index in [-0.39, 0.29) is 18.0 Å². The number of halogens is 3. The smallest absolute Gasteiger partial charge is 0.290 e. The van der Waals surface area contributed by atoms with Gasteiger partial charge in [-0.15, -0.1) is 0 Å². The molecule has 0 fully saturated rings. The number of benzene rings is 2. The molecule has 41 heavy (non-hydrogen) atoms. The molecule has 0 atom stereocenters. The van der Waals surface area contributed by atoms with Gasteiger partial charge < -0.3 is 4.42 Å². The van der Waals surface area contributed by atoms with E-state index in [4.69, 9.17) is 39.2 Å². The van der Waals surface area contributed by atoms with Gasteiger partial charge in [0, 0.05) is 17.8 Å². The molecule has 3 heterocycles. The molecule has 1 amide bonds. The monoisotopic (exact) mass is 629 g/mol. The first-order chi connectivity index (χ1) is 19.6. The average Bonchev–Trinajstić information content (AvgIpc) is 3.53. The highest BCUT2D eigenvalue weighted by Gasteiger charge is 2.26. The molecule has 5 rings (SSSR count). The number of sulfonamides is 1. The molecule has 0 saturated heterocycles. The Balaban J connectivity index is 1.34. The summed E-state index contributed by atoms with van der Waals surface area (Å²) >= 11 is 18.2. The van der Waals surface area contributed by atoms with E-state index in [1.54, 1.807) is 60.0 Å². The average molecular weight is 631 g/mol. The summed E-state index contributed by atoms with van der Waals surface area (Å²) in [4.78, 5) is 17.2. The number of nitrogens with one attached hydrogen (secondary N) is 1.